The molecule has 25 heavy (non-hydrogen) atoms. The van der Waals surface area contributed by atoms with Crippen LogP contribution in [0.2, 0.25) is 5.02 Å². The van der Waals surface area contributed by atoms with E-state index < -0.39 is 0 Å². The van der Waals surface area contributed by atoms with E-state index in [9.17, 15) is 4.79 Å². The Morgan fingerprint density at radius 1 is 0.840 bits per heavy atom. The molecule has 3 aromatic rings. The van der Waals surface area contributed by atoms with Crippen molar-refractivity contribution in [2.75, 3.05) is 0 Å². The Bertz CT molecular complexity index is 853. The molecule has 0 spiro atoms. The first-order valence-corrected chi connectivity index (χ1v) is 8.44. The van der Waals surface area contributed by atoms with Gasteiger partial charge in [-0.15, -0.1) is 0 Å². The fourth-order valence-corrected chi connectivity index (χ4v) is 2.57. The lowest BCUT2D eigenvalue weighted by atomic mass is 10.0. The number of benzene rings is 3. The van der Waals surface area contributed by atoms with E-state index in [0.29, 0.717) is 11.6 Å². The molecule has 124 valence electrons. The van der Waals surface area contributed by atoms with Crippen LogP contribution in [0.4, 0.5) is 0 Å². The number of halogens is 1. The van der Waals surface area contributed by atoms with Crippen molar-refractivity contribution in [3.8, 4) is 11.1 Å². The summed E-state index contributed by atoms with van der Waals surface area (Å²) in [4.78, 5) is 11.9. The van der Waals surface area contributed by atoms with Crippen LogP contribution in [0.1, 0.15) is 11.1 Å². The highest BCUT2D eigenvalue weighted by Gasteiger charge is 1.98. The quantitative estimate of drug-likeness (QED) is 0.620. The van der Waals surface area contributed by atoms with Crippen molar-refractivity contribution in [1.82, 2.24) is 5.32 Å². The van der Waals surface area contributed by atoms with Crippen LogP contribution >= 0.6 is 11.6 Å². The molecule has 0 aliphatic carbocycles. The third-order valence-corrected chi connectivity index (χ3v) is 4.08. The van der Waals surface area contributed by atoms with Crippen molar-refractivity contribution in [2.24, 2.45) is 0 Å². The summed E-state index contributed by atoms with van der Waals surface area (Å²) in [6, 6.07) is 25.7. The number of carbonyl (C=O) groups is 1. The number of rotatable bonds is 5. The summed E-state index contributed by atoms with van der Waals surface area (Å²) >= 11 is 5.84. The molecule has 1 N–H and O–H groups in total. The summed E-state index contributed by atoms with van der Waals surface area (Å²) in [5.41, 5.74) is 4.34. The van der Waals surface area contributed by atoms with Gasteiger partial charge in [-0.2, -0.15) is 0 Å². The number of nitrogens with one attached hydrogen (secondary N) is 1. The van der Waals surface area contributed by atoms with Gasteiger partial charge < -0.3 is 5.32 Å². The molecular weight excluding hydrogens is 330 g/mol. The first-order chi connectivity index (χ1) is 12.2. The maximum atomic E-state index is 11.9. The smallest absolute Gasteiger partial charge is 0.244 e. The monoisotopic (exact) mass is 347 g/mol. The molecule has 2 nitrogen and oxygen atoms in total. The fourth-order valence-electron chi connectivity index (χ4n) is 2.44. The first-order valence-electron chi connectivity index (χ1n) is 8.06. The highest BCUT2D eigenvalue weighted by molar-refractivity contribution is 6.30. The van der Waals surface area contributed by atoms with Gasteiger partial charge in [-0.05, 0) is 40.5 Å². The molecule has 1 amide bonds. The molecule has 0 aliphatic rings. The van der Waals surface area contributed by atoms with E-state index in [-0.39, 0.29) is 5.91 Å². The summed E-state index contributed by atoms with van der Waals surface area (Å²) in [7, 11) is 0. The van der Waals surface area contributed by atoms with Gasteiger partial charge in [0, 0.05) is 17.6 Å². The van der Waals surface area contributed by atoms with Crippen LogP contribution in [0.3, 0.4) is 0 Å². The summed E-state index contributed by atoms with van der Waals surface area (Å²) in [6.45, 7) is 0.479. The third-order valence-electron chi connectivity index (χ3n) is 3.82. The predicted octanol–water partition coefficient (Wildman–Crippen LogP) is 5.34. The minimum Gasteiger partial charge on any atom is -0.348 e. The van der Waals surface area contributed by atoms with Crippen molar-refractivity contribution >= 4 is 23.6 Å². The van der Waals surface area contributed by atoms with Crippen LogP contribution < -0.4 is 5.32 Å². The Kier molecular flexibility index (Phi) is 5.65. The van der Waals surface area contributed by atoms with Crippen LogP contribution in [0.15, 0.2) is 84.9 Å². The molecular formula is C22H18ClNO. The van der Waals surface area contributed by atoms with Crippen molar-refractivity contribution in [2.45, 2.75) is 6.54 Å². The predicted molar refractivity (Wildman–Crippen MR) is 104 cm³/mol. The van der Waals surface area contributed by atoms with Gasteiger partial charge in [-0.1, -0.05) is 78.3 Å². The summed E-state index contributed by atoms with van der Waals surface area (Å²) in [5.74, 6) is -0.123. The van der Waals surface area contributed by atoms with E-state index in [1.54, 1.807) is 6.08 Å². The van der Waals surface area contributed by atoms with Crippen molar-refractivity contribution in [1.29, 1.82) is 0 Å². The van der Waals surface area contributed by atoms with E-state index in [0.717, 1.165) is 16.7 Å². The maximum absolute atomic E-state index is 11.9. The van der Waals surface area contributed by atoms with Crippen LogP contribution in [-0.4, -0.2) is 5.91 Å². The van der Waals surface area contributed by atoms with Gasteiger partial charge in [0.25, 0.3) is 0 Å². The van der Waals surface area contributed by atoms with Crippen LogP contribution in [0.25, 0.3) is 17.2 Å². The lowest BCUT2D eigenvalue weighted by Crippen LogP contribution is -2.20. The highest BCUT2D eigenvalue weighted by Crippen LogP contribution is 2.19. The van der Waals surface area contributed by atoms with E-state index in [2.05, 4.69) is 29.6 Å². The second kappa shape index (κ2) is 8.32. The standard InChI is InChI=1S/C22H18ClNO/c23-21-13-8-18(9-14-21)16-24-22(25)15-10-17-6-11-20(12-7-17)19-4-2-1-3-5-19/h1-15H,16H2,(H,24,25)/b15-10+. The third kappa shape index (κ3) is 5.07. The molecule has 0 atom stereocenters. The zero-order valence-corrected chi connectivity index (χ0v) is 14.4. The van der Waals surface area contributed by atoms with E-state index in [1.165, 1.54) is 5.56 Å². The van der Waals surface area contributed by atoms with Crippen molar-refractivity contribution in [3.05, 3.63) is 101 Å². The fraction of sp³-hybridized carbons (Fsp3) is 0.0455. The molecule has 0 bridgehead atoms. The molecule has 0 saturated carbocycles. The van der Waals surface area contributed by atoms with Crippen LogP contribution in [0, 0.1) is 0 Å². The highest BCUT2D eigenvalue weighted by atomic mass is 35.5. The summed E-state index contributed by atoms with van der Waals surface area (Å²) in [5, 5.41) is 3.55. The van der Waals surface area contributed by atoms with Crippen molar-refractivity contribution < 1.29 is 4.79 Å². The maximum Gasteiger partial charge on any atom is 0.244 e. The Labute approximate surface area is 152 Å². The Morgan fingerprint density at radius 2 is 1.48 bits per heavy atom. The summed E-state index contributed by atoms with van der Waals surface area (Å²) in [6.07, 6.45) is 3.36. The van der Waals surface area contributed by atoms with Gasteiger partial charge in [0.2, 0.25) is 5.91 Å². The topological polar surface area (TPSA) is 29.1 Å². The molecule has 0 radical (unpaired) electrons. The van der Waals surface area contributed by atoms with Crippen LogP contribution in [-0.2, 0) is 11.3 Å². The average Bonchev–Trinajstić information content (AvgIpc) is 2.67. The van der Waals surface area contributed by atoms with Crippen molar-refractivity contribution in [3.63, 3.8) is 0 Å². The first kappa shape index (κ1) is 17.0. The number of carbonyl (C=O) groups excluding carboxylic acids is 1. The SMILES string of the molecule is O=C(/C=C/c1ccc(-c2ccccc2)cc1)NCc1ccc(Cl)cc1. The average molecular weight is 348 g/mol. The van der Waals surface area contributed by atoms with E-state index >= 15 is 0 Å². The molecule has 0 aliphatic heterocycles. The van der Waals surface area contributed by atoms with Crippen LogP contribution in [0.5, 0.6) is 0 Å². The van der Waals surface area contributed by atoms with Gasteiger partial charge in [0.05, 0.1) is 0 Å². The van der Waals surface area contributed by atoms with Gasteiger partial charge >= 0.3 is 0 Å². The van der Waals surface area contributed by atoms with E-state index in [1.807, 2.05) is 60.7 Å². The lowest BCUT2D eigenvalue weighted by molar-refractivity contribution is -0.116. The zero-order chi connectivity index (χ0) is 17.5. The number of hydrogen-bond acceptors (Lipinski definition) is 1. The molecule has 0 unspecified atom stereocenters. The Morgan fingerprint density at radius 3 is 2.16 bits per heavy atom. The number of amides is 1. The molecule has 3 heteroatoms. The van der Waals surface area contributed by atoms with Gasteiger partial charge in [-0.3, -0.25) is 4.79 Å². The largest absolute Gasteiger partial charge is 0.348 e. The van der Waals surface area contributed by atoms with Gasteiger partial charge in [0.15, 0.2) is 0 Å². The Balaban J connectivity index is 1.56. The molecule has 0 aromatic heterocycles. The molecule has 3 rings (SSSR count). The molecule has 3 aromatic carbocycles. The number of hydrogen-bond donors (Lipinski definition) is 1. The second-order valence-electron chi connectivity index (χ2n) is 5.67. The molecule has 0 heterocycles. The van der Waals surface area contributed by atoms with Gasteiger partial charge in [0.1, 0.15) is 0 Å². The lowest BCUT2D eigenvalue weighted by Gasteiger charge is -2.03. The molecule has 0 fully saturated rings. The van der Waals surface area contributed by atoms with Gasteiger partial charge in [-0.25, -0.2) is 0 Å². The normalized spacial score (nSPS) is 10.8. The zero-order valence-electron chi connectivity index (χ0n) is 13.7. The van der Waals surface area contributed by atoms with E-state index in [4.69, 9.17) is 11.6 Å². The summed E-state index contributed by atoms with van der Waals surface area (Å²) < 4.78 is 0. The second-order valence-corrected chi connectivity index (χ2v) is 6.10. The molecule has 0 saturated heterocycles. The minimum absolute atomic E-state index is 0.123. The Hall–Kier alpha value is -2.84. The minimum atomic E-state index is -0.123.